The largest absolute Gasteiger partial charge is 0.386 e. The van der Waals surface area contributed by atoms with Gasteiger partial charge in [-0.1, -0.05) is 0 Å². The quantitative estimate of drug-likeness (QED) is 0.497. The molecule has 1 aliphatic rings. The zero-order valence-electron chi connectivity index (χ0n) is 6.53. The maximum atomic E-state index is 10.9. The van der Waals surface area contributed by atoms with Gasteiger partial charge in [-0.15, -0.1) is 0 Å². The summed E-state index contributed by atoms with van der Waals surface area (Å²) in [4.78, 5) is 0. The summed E-state index contributed by atoms with van der Waals surface area (Å²) in [6.07, 6.45) is 0. The second-order valence-electron chi connectivity index (χ2n) is 3.58. The first kappa shape index (κ1) is 8.96. The van der Waals surface area contributed by atoms with E-state index in [2.05, 4.69) is 0 Å². The monoisotopic (exact) mass is 180 g/mol. The highest BCUT2D eigenvalue weighted by molar-refractivity contribution is 7.91. The van der Waals surface area contributed by atoms with Crippen molar-refractivity contribution in [2.45, 2.75) is 25.0 Å². The molecule has 5 heteroatoms. The van der Waals surface area contributed by atoms with Crippen LogP contribution < -0.4 is 0 Å². The molecule has 2 atom stereocenters. The zero-order chi connectivity index (χ0) is 8.91. The Hall–Kier alpha value is -0.130. The molecule has 0 unspecified atom stereocenters. The summed E-state index contributed by atoms with van der Waals surface area (Å²) in [5, 5.41) is 18.9. The number of aliphatic hydroxyl groups is 2. The molecule has 0 aromatic heterocycles. The van der Waals surface area contributed by atoms with Gasteiger partial charge in [0.25, 0.3) is 0 Å². The average molecular weight is 180 g/mol. The molecule has 1 saturated heterocycles. The van der Waals surface area contributed by atoms with E-state index in [1.807, 2.05) is 0 Å². The Morgan fingerprint density at radius 2 is 1.36 bits per heavy atom. The molecule has 0 aromatic carbocycles. The second-order valence-corrected chi connectivity index (χ2v) is 5.64. The summed E-state index contributed by atoms with van der Waals surface area (Å²) < 4.78 is 21.9. The fourth-order valence-electron chi connectivity index (χ4n) is 1.22. The molecular weight excluding hydrogens is 168 g/mol. The first-order valence-electron chi connectivity index (χ1n) is 3.32. The molecule has 1 heterocycles. The maximum Gasteiger partial charge on any atom is 0.156 e. The Bertz CT molecular complexity index is 240. The lowest BCUT2D eigenvalue weighted by molar-refractivity contribution is -0.0935. The molecule has 0 amide bonds. The summed E-state index contributed by atoms with van der Waals surface area (Å²) in [6.45, 7) is 2.66. The molecule has 1 fully saturated rings. The van der Waals surface area contributed by atoms with Gasteiger partial charge in [0.1, 0.15) is 11.2 Å². The fourth-order valence-corrected chi connectivity index (χ4v) is 3.66. The van der Waals surface area contributed by atoms with Crippen LogP contribution in [0, 0.1) is 0 Å². The summed E-state index contributed by atoms with van der Waals surface area (Å²) in [6, 6.07) is 0. The van der Waals surface area contributed by atoms with Gasteiger partial charge in [0.2, 0.25) is 0 Å². The molecule has 1 aliphatic heterocycles. The fraction of sp³-hybridized carbons (Fsp3) is 1.00. The van der Waals surface area contributed by atoms with E-state index >= 15 is 0 Å². The first-order chi connectivity index (χ1) is 4.66. The van der Waals surface area contributed by atoms with Gasteiger partial charge in [0.05, 0.1) is 11.5 Å². The van der Waals surface area contributed by atoms with Crippen molar-refractivity contribution in [1.29, 1.82) is 0 Å². The van der Waals surface area contributed by atoms with Crippen LogP contribution in [-0.2, 0) is 9.84 Å². The van der Waals surface area contributed by atoms with Gasteiger partial charge in [0.15, 0.2) is 9.84 Å². The molecule has 1 rings (SSSR count). The van der Waals surface area contributed by atoms with Crippen molar-refractivity contribution >= 4 is 9.84 Å². The second kappa shape index (κ2) is 1.97. The van der Waals surface area contributed by atoms with Crippen LogP contribution in [0.2, 0.25) is 0 Å². The van der Waals surface area contributed by atoms with Crippen LogP contribution in [-0.4, -0.2) is 41.3 Å². The molecule has 2 N–H and O–H groups in total. The minimum Gasteiger partial charge on any atom is -0.386 e. The van der Waals surface area contributed by atoms with E-state index in [9.17, 15) is 18.6 Å². The highest BCUT2D eigenvalue weighted by atomic mass is 32.2. The molecule has 11 heavy (non-hydrogen) atoms. The predicted octanol–water partition coefficient (Wildman–Crippen LogP) is -1.08. The van der Waals surface area contributed by atoms with Gasteiger partial charge >= 0.3 is 0 Å². The topological polar surface area (TPSA) is 74.6 Å². The van der Waals surface area contributed by atoms with Crippen LogP contribution in [0.3, 0.4) is 0 Å². The lowest BCUT2D eigenvalue weighted by Crippen LogP contribution is -2.48. The van der Waals surface area contributed by atoms with Crippen LogP contribution in [0.15, 0.2) is 0 Å². The number of sulfone groups is 1. The summed E-state index contributed by atoms with van der Waals surface area (Å²) >= 11 is 0. The lowest BCUT2D eigenvalue weighted by atomic mass is 9.90. The van der Waals surface area contributed by atoms with E-state index in [4.69, 9.17) is 0 Å². The Morgan fingerprint density at radius 1 is 1.09 bits per heavy atom. The van der Waals surface area contributed by atoms with Crippen LogP contribution in [0.25, 0.3) is 0 Å². The van der Waals surface area contributed by atoms with Crippen molar-refractivity contribution in [1.82, 2.24) is 0 Å². The lowest BCUT2D eigenvalue weighted by Gasteiger charge is -2.29. The average Bonchev–Trinajstić information content (AvgIpc) is 1.66. The van der Waals surface area contributed by atoms with Crippen molar-refractivity contribution in [3.8, 4) is 0 Å². The van der Waals surface area contributed by atoms with Gasteiger partial charge in [-0.2, -0.15) is 0 Å². The molecule has 0 aromatic rings. The van der Waals surface area contributed by atoms with Crippen molar-refractivity contribution < 1.29 is 18.6 Å². The van der Waals surface area contributed by atoms with Crippen molar-refractivity contribution in [2.24, 2.45) is 0 Å². The van der Waals surface area contributed by atoms with Crippen molar-refractivity contribution in [3.05, 3.63) is 0 Å². The van der Waals surface area contributed by atoms with E-state index in [1.165, 1.54) is 13.8 Å². The van der Waals surface area contributed by atoms with Gasteiger partial charge in [-0.3, -0.25) is 0 Å². The van der Waals surface area contributed by atoms with E-state index < -0.39 is 21.0 Å². The summed E-state index contributed by atoms with van der Waals surface area (Å²) in [5.74, 6) is -0.708. The molecule has 0 spiro atoms. The summed E-state index contributed by atoms with van der Waals surface area (Å²) in [7, 11) is -3.26. The third kappa shape index (κ3) is 1.40. The number of rotatable bonds is 0. The molecule has 66 valence electrons. The first-order valence-corrected chi connectivity index (χ1v) is 5.14. The van der Waals surface area contributed by atoms with Crippen LogP contribution >= 0.6 is 0 Å². The third-order valence-electron chi connectivity index (χ3n) is 2.16. The maximum absolute atomic E-state index is 10.9. The van der Waals surface area contributed by atoms with Gasteiger partial charge < -0.3 is 10.2 Å². The number of hydrogen-bond donors (Lipinski definition) is 2. The predicted molar refractivity (Wildman–Crippen MR) is 39.9 cm³/mol. The molecule has 0 saturated carbocycles. The minimum atomic E-state index is -3.26. The SMILES string of the molecule is C[C@]1(O)CS(=O)(=O)C[C@@]1(C)O. The number of hydrogen-bond acceptors (Lipinski definition) is 4. The highest BCUT2D eigenvalue weighted by Crippen LogP contribution is 2.32. The van der Waals surface area contributed by atoms with Gasteiger partial charge in [-0.05, 0) is 13.8 Å². The molecule has 4 nitrogen and oxygen atoms in total. The third-order valence-corrected chi connectivity index (χ3v) is 4.17. The molecule has 0 bridgehead atoms. The van der Waals surface area contributed by atoms with Crippen LogP contribution in [0.1, 0.15) is 13.8 Å². The Labute approximate surface area is 65.8 Å². The van der Waals surface area contributed by atoms with Crippen LogP contribution in [0.5, 0.6) is 0 Å². The van der Waals surface area contributed by atoms with E-state index in [0.717, 1.165) is 0 Å². The normalized spacial score (nSPS) is 49.5. The van der Waals surface area contributed by atoms with Gasteiger partial charge in [0, 0.05) is 0 Å². The highest BCUT2D eigenvalue weighted by Gasteiger charge is 2.53. The molecule has 0 radical (unpaired) electrons. The summed E-state index contributed by atoms with van der Waals surface area (Å²) in [5.41, 5.74) is -3.02. The van der Waals surface area contributed by atoms with Crippen molar-refractivity contribution in [2.75, 3.05) is 11.5 Å². The zero-order valence-corrected chi connectivity index (χ0v) is 7.35. The Morgan fingerprint density at radius 3 is 1.45 bits per heavy atom. The minimum absolute atomic E-state index is 0.354. The van der Waals surface area contributed by atoms with Crippen molar-refractivity contribution in [3.63, 3.8) is 0 Å². The van der Waals surface area contributed by atoms with E-state index in [0.29, 0.717) is 0 Å². The molecule has 0 aliphatic carbocycles. The van der Waals surface area contributed by atoms with Gasteiger partial charge in [-0.25, -0.2) is 8.42 Å². The Balaban J connectivity index is 3.08. The van der Waals surface area contributed by atoms with E-state index in [1.54, 1.807) is 0 Å². The Kier molecular flexibility index (Phi) is 1.60. The van der Waals surface area contributed by atoms with E-state index in [-0.39, 0.29) is 11.5 Å². The standard InChI is InChI=1S/C6H12O4S/c1-5(7)3-11(9,10)4-6(5,2)8/h7-8H,3-4H2,1-2H3/t5-,6+. The molecular formula is C6H12O4S. The smallest absolute Gasteiger partial charge is 0.156 e. The van der Waals surface area contributed by atoms with Crippen LogP contribution in [0.4, 0.5) is 0 Å².